The second-order valence-electron chi connectivity index (χ2n) is 4.74. The highest BCUT2D eigenvalue weighted by Crippen LogP contribution is 2.18. The zero-order valence-corrected chi connectivity index (χ0v) is 10.4. The van der Waals surface area contributed by atoms with Gasteiger partial charge in [0, 0.05) is 13.1 Å². The van der Waals surface area contributed by atoms with Gasteiger partial charge in [0.25, 0.3) is 11.5 Å². The van der Waals surface area contributed by atoms with E-state index < -0.39 is 6.10 Å². The fraction of sp³-hybridized carbons (Fsp3) is 0.538. The Morgan fingerprint density at radius 1 is 1.39 bits per heavy atom. The summed E-state index contributed by atoms with van der Waals surface area (Å²) in [5.41, 5.74) is 0.104. The SMILES string of the molecule is Cn1c(C(=O)NC2CCCCC2O)cccc1=O. The number of aromatic nitrogens is 1. The molecule has 1 saturated carbocycles. The number of carbonyl (C=O) groups is 1. The molecule has 0 aliphatic heterocycles. The molecule has 98 valence electrons. The van der Waals surface area contributed by atoms with Crippen LogP contribution in [0.5, 0.6) is 0 Å². The van der Waals surface area contributed by atoms with Crippen molar-refractivity contribution in [2.75, 3.05) is 0 Å². The first kappa shape index (κ1) is 12.8. The van der Waals surface area contributed by atoms with Gasteiger partial charge in [-0.1, -0.05) is 18.9 Å². The summed E-state index contributed by atoms with van der Waals surface area (Å²) in [5, 5.41) is 12.6. The van der Waals surface area contributed by atoms with Gasteiger partial charge in [-0.05, 0) is 18.9 Å². The molecule has 2 rings (SSSR count). The number of hydrogen-bond acceptors (Lipinski definition) is 3. The lowest BCUT2D eigenvalue weighted by atomic mass is 9.92. The van der Waals surface area contributed by atoms with E-state index in [0.717, 1.165) is 25.7 Å². The summed E-state index contributed by atoms with van der Waals surface area (Å²) in [5.74, 6) is -0.304. The maximum Gasteiger partial charge on any atom is 0.268 e. The molecule has 1 aromatic rings. The van der Waals surface area contributed by atoms with Crippen molar-refractivity contribution in [2.45, 2.75) is 37.8 Å². The Bertz CT molecular complexity index is 495. The van der Waals surface area contributed by atoms with Crippen molar-refractivity contribution in [3.8, 4) is 0 Å². The molecule has 5 heteroatoms. The highest BCUT2D eigenvalue weighted by Gasteiger charge is 2.25. The molecule has 0 saturated heterocycles. The van der Waals surface area contributed by atoms with E-state index in [-0.39, 0.29) is 17.5 Å². The Labute approximate surface area is 105 Å². The monoisotopic (exact) mass is 250 g/mol. The second kappa shape index (κ2) is 5.35. The minimum absolute atomic E-state index is 0.207. The molecule has 0 spiro atoms. The van der Waals surface area contributed by atoms with Crippen molar-refractivity contribution in [2.24, 2.45) is 7.05 Å². The van der Waals surface area contributed by atoms with Crippen LogP contribution in [0.4, 0.5) is 0 Å². The fourth-order valence-corrected chi connectivity index (χ4v) is 2.31. The maximum atomic E-state index is 12.0. The summed E-state index contributed by atoms with van der Waals surface area (Å²) in [6.07, 6.45) is 3.03. The number of nitrogens with zero attached hydrogens (tertiary/aromatic N) is 1. The Kier molecular flexibility index (Phi) is 3.81. The number of aliphatic hydroxyl groups excluding tert-OH is 1. The van der Waals surface area contributed by atoms with Crippen molar-refractivity contribution in [1.29, 1.82) is 0 Å². The Hall–Kier alpha value is -1.62. The van der Waals surface area contributed by atoms with Gasteiger partial charge < -0.3 is 15.0 Å². The van der Waals surface area contributed by atoms with Gasteiger partial charge in [-0.2, -0.15) is 0 Å². The number of carbonyl (C=O) groups excluding carboxylic acids is 1. The van der Waals surface area contributed by atoms with Crippen LogP contribution in [0.15, 0.2) is 23.0 Å². The van der Waals surface area contributed by atoms with Crippen molar-refractivity contribution in [3.05, 3.63) is 34.2 Å². The molecule has 2 N–H and O–H groups in total. The maximum absolute atomic E-state index is 12.0. The molecule has 1 aliphatic rings. The molecule has 2 atom stereocenters. The highest BCUT2D eigenvalue weighted by atomic mass is 16.3. The molecule has 1 heterocycles. The summed E-state index contributed by atoms with van der Waals surface area (Å²) in [6, 6.07) is 4.37. The number of nitrogens with one attached hydrogen (secondary N) is 1. The smallest absolute Gasteiger partial charge is 0.268 e. The van der Waals surface area contributed by atoms with Gasteiger partial charge in [0.2, 0.25) is 0 Å². The van der Waals surface area contributed by atoms with Gasteiger partial charge in [0.15, 0.2) is 0 Å². The van der Waals surface area contributed by atoms with E-state index in [1.54, 1.807) is 19.2 Å². The lowest BCUT2D eigenvalue weighted by Gasteiger charge is -2.28. The Morgan fingerprint density at radius 2 is 2.11 bits per heavy atom. The fourth-order valence-electron chi connectivity index (χ4n) is 2.31. The first-order chi connectivity index (χ1) is 8.59. The number of pyridine rings is 1. The molecule has 18 heavy (non-hydrogen) atoms. The summed E-state index contributed by atoms with van der Waals surface area (Å²) >= 11 is 0. The van der Waals surface area contributed by atoms with E-state index in [9.17, 15) is 14.7 Å². The van der Waals surface area contributed by atoms with E-state index in [0.29, 0.717) is 5.69 Å². The molecule has 1 aliphatic carbocycles. The number of rotatable bonds is 2. The lowest BCUT2D eigenvalue weighted by Crippen LogP contribution is -2.46. The zero-order chi connectivity index (χ0) is 13.1. The van der Waals surface area contributed by atoms with Crippen LogP contribution >= 0.6 is 0 Å². The number of hydrogen-bond donors (Lipinski definition) is 2. The average molecular weight is 250 g/mol. The van der Waals surface area contributed by atoms with Crippen LogP contribution in [0, 0.1) is 0 Å². The third-order valence-corrected chi connectivity index (χ3v) is 3.46. The molecule has 0 radical (unpaired) electrons. The molecular weight excluding hydrogens is 232 g/mol. The lowest BCUT2D eigenvalue weighted by molar-refractivity contribution is 0.0710. The summed E-state index contributed by atoms with van der Waals surface area (Å²) < 4.78 is 1.31. The van der Waals surface area contributed by atoms with Crippen molar-refractivity contribution in [1.82, 2.24) is 9.88 Å². The van der Waals surface area contributed by atoms with Gasteiger partial charge >= 0.3 is 0 Å². The predicted octanol–water partition coefficient (Wildman–Crippen LogP) is 0.419. The standard InChI is InChI=1S/C13H18N2O3/c1-15-10(6-4-8-12(15)17)13(18)14-9-5-2-3-7-11(9)16/h4,6,8-9,11,16H,2-3,5,7H2,1H3,(H,14,18). The summed E-state index contributed by atoms with van der Waals surface area (Å²) in [7, 11) is 1.56. The zero-order valence-electron chi connectivity index (χ0n) is 10.4. The van der Waals surface area contributed by atoms with Crippen molar-refractivity contribution < 1.29 is 9.90 Å². The number of amides is 1. The average Bonchev–Trinajstić information content (AvgIpc) is 2.35. The molecule has 1 amide bonds. The molecule has 1 fully saturated rings. The third kappa shape index (κ3) is 2.61. The van der Waals surface area contributed by atoms with Crippen LogP contribution in [0.2, 0.25) is 0 Å². The normalized spacial score (nSPS) is 23.7. The topological polar surface area (TPSA) is 71.3 Å². The van der Waals surface area contributed by atoms with Gasteiger partial charge in [-0.15, -0.1) is 0 Å². The van der Waals surface area contributed by atoms with Crippen LogP contribution < -0.4 is 10.9 Å². The number of aliphatic hydroxyl groups is 1. The van der Waals surface area contributed by atoms with Gasteiger partial charge in [0.1, 0.15) is 5.69 Å². The van der Waals surface area contributed by atoms with E-state index in [1.807, 2.05) is 0 Å². The van der Waals surface area contributed by atoms with E-state index in [1.165, 1.54) is 10.6 Å². The van der Waals surface area contributed by atoms with E-state index in [2.05, 4.69) is 5.32 Å². The molecular formula is C13H18N2O3. The molecule has 1 aromatic heterocycles. The van der Waals surface area contributed by atoms with E-state index >= 15 is 0 Å². The first-order valence-corrected chi connectivity index (χ1v) is 6.24. The van der Waals surface area contributed by atoms with Crippen LogP contribution in [0.1, 0.15) is 36.2 Å². The third-order valence-electron chi connectivity index (χ3n) is 3.46. The van der Waals surface area contributed by atoms with Gasteiger partial charge in [-0.3, -0.25) is 9.59 Å². The van der Waals surface area contributed by atoms with Gasteiger partial charge in [-0.25, -0.2) is 0 Å². The minimum Gasteiger partial charge on any atom is -0.391 e. The van der Waals surface area contributed by atoms with Crippen LogP contribution in [-0.2, 0) is 7.05 Å². The Balaban J connectivity index is 2.12. The van der Waals surface area contributed by atoms with Gasteiger partial charge in [0.05, 0.1) is 12.1 Å². The first-order valence-electron chi connectivity index (χ1n) is 6.24. The largest absolute Gasteiger partial charge is 0.391 e. The van der Waals surface area contributed by atoms with Crippen molar-refractivity contribution in [3.63, 3.8) is 0 Å². The quantitative estimate of drug-likeness (QED) is 0.799. The predicted molar refractivity (Wildman–Crippen MR) is 67.4 cm³/mol. The molecule has 0 bridgehead atoms. The summed E-state index contributed by atoms with van der Waals surface area (Å²) in [4.78, 5) is 23.5. The summed E-state index contributed by atoms with van der Waals surface area (Å²) in [6.45, 7) is 0. The van der Waals surface area contributed by atoms with Crippen LogP contribution in [0.25, 0.3) is 0 Å². The van der Waals surface area contributed by atoms with E-state index in [4.69, 9.17) is 0 Å². The van der Waals surface area contributed by atoms with Crippen LogP contribution in [-0.4, -0.2) is 27.7 Å². The molecule has 5 nitrogen and oxygen atoms in total. The van der Waals surface area contributed by atoms with Crippen molar-refractivity contribution >= 4 is 5.91 Å². The Morgan fingerprint density at radius 3 is 2.83 bits per heavy atom. The molecule has 0 aromatic carbocycles. The van der Waals surface area contributed by atoms with Crippen LogP contribution in [0.3, 0.4) is 0 Å². The second-order valence-corrected chi connectivity index (χ2v) is 4.74. The minimum atomic E-state index is -0.483. The molecule has 2 unspecified atom stereocenters. The highest BCUT2D eigenvalue weighted by molar-refractivity contribution is 5.92.